The SMILES string of the molecule is Cc1ccc(S(=O)(=O)NC2c3ccccc3Oc3cc(Cl)ccc32)cc1. The predicted octanol–water partition coefficient (Wildman–Crippen LogP) is 4.82. The van der Waals surface area contributed by atoms with E-state index in [1.165, 1.54) is 0 Å². The average molecular weight is 386 g/mol. The van der Waals surface area contributed by atoms with Crippen molar-refractivity contribution in [2.75, 3.05) is 0 Å². The molecule has 26 heavy (non-hydrogen) atoms. The van der Waals surface area contributed by atoms with Crippen molar-refractivity contribution in [2.24, 2.45) is 0 Å². The molecule has 1 aliphatic heterocycles. The molecule has 0 saturated heterocycles. The van der Waals surface area contributed by atoms with Crippen molar-refractivity contribution < 1.29 is 13.2 Å². The summed E-state index contributed by atoms with van der Waals surface area (Å²) in [4.78, 5) is 0.225. The molecule has 0 aliphatic carbocycles. The lowest BCUT2D eigenvalue weighted by atomic mass is 9.95. The number of para-hydroxylation sites is 1. The Hall–Kier alpha value is -2.34. The minimum atomic E-state index is -3.71. The van der Waals surface area contributed by atoms with Gasteiger partial charge in [-0.1, -0.05) is 53.6 Å². The summed E-state index contributed by atoms with van der Waals surface area (Å²) >= 11 is 6.08. The summed E-state index contributed by atoms with van der Waals surface area (Å²) in [6, 6.07) is 18.8. The standard InChI is InChI=1S/C20H16ClNO3S/c1-13-6-9-15(10-7-13)26(23,24)22-20-16-4-2-3-5-18(16)25-19-12-14(21)8-11-17(19)20/h2-12,20,22H,1H3. The molecule has 6 heteroatoms. The second-order valence-electron chi connectivity index (χ2n) is 6.19. The summed E-state index contributed by atoms with van der Waals surface area (Å²) in [5, 5.41) is 0.531. The molecular weight excluding hydrogens is 370 g/mol. The Bertz CT molecular complexity index is 1080. The van der Waals surface area contributed by atoms with Crippen LogP contribution in [0.15, 0.2) is 71.6 Å². The monoisotopic (exact) mass is 385 g/mol. The van der Waals surface area contributed by atoms with Gasteiger partial charge in [0.05, 0.1) is 10.9 Å². The van der Waals surface area contributed by atoms with Crippen molar-refractivity contribution in [3.05, 3.63) is 88.4 Å². The summed E-state index contributed by atoms with van der Waals surface area (Å²) in [7, 11) is -3.71. The number of hydrogen-bond donors (Lipinski definition) is 1. The van der Waals surface area contributed by atoms with Crippen LogP contribution in [0.2, 0.25) is 5.02 Å². The second kappa shape index (κ2) is 6.43. The zero-order valence-corrected chi connectivity index (χ0v) is 15.5. The number of fused-ring (bicyclic) bond motifs is 2. The van der Waals surface area contributed by atoms with Crippen molar-refractivity contribution in [1.29, 1.82) is 0 Å². The van der Waals surface area contributed by atoms with Gasteiger partial charge in [0.15, 0.2) is 0 Å². The molecule has 0 radical (unpaired) electrons. The van der Waals surface area contributed by atoms with E-state index >= 15 is 0 Å². The highest BCUT2D eigenvalue weighted by Crippen LogP contribution is 2.44. The number of halogens is 1. The van der Waals surface area contributed by atoms with E-state index in [-0.39, 0.29) is 4.90 Å². The predicted molar refractivity (Wildman–Crippen MR) is 101 cm³/mol. The van der Waals surface area contributed by atoms with E-state index in [1.807, 2.05) is 31.2 Å². The third-order valence-electron chi connectivity index (χ3n) is 4.34. The molecule has 4 rings (SSSR count). The fraction of sp³-hybridized carbons (Fsp3) is 0.100. The zero-order valence-electron chi connectivity index (χ0n) is 13.9. The Morgan fingerprint density at radius 3 is 2.38 bits per heavy atom. The molecule has 132 valence electrons. The lowest BCUT2D eigenvalue weighted by Crippen LogP contribution is -2.31. The fourth-order valence-corrected chi connectivity index (χ4v) is 4.36. The Balaban J connectivity index is 1.80. The molecule has 3 aromatic rings. The molecule has 1 unspecified atom stereocenters. The summed E-state index contributed by atoms with van der Waals surface area (Å²) in [6.07, 6.45) is 0. The van der Waals surface area contributed by atoms with Crippen LogP contribution in [0.5, 0.6) is 11.5 Å². The molecule has 3 aromatic carbocycles. The summed E-state index contributed by atoms with van der Waals surface area (Å²) < 4.78 is 34.6. The molecule has 0 spiro atoms. The van der Waals surface area contributed by atoms with Crippen LogP contribution in [0.25, 0.3) is 0 Å². The van der Waals surface area contributed by atoms with E-state index in [1.54, 1.807) is 42.5 Å². The third kappa shape index (κ3) is 3.09. The number of benzene rings is 3. The molecule has 0 amide bonds. The van der Waals surface area contributed by atoms with E-state index in [0.29, 0.717) is 16.5 Å². The van der Waals surface area contributed by atoms with Gasteiger partial charge in [-0.05, 0) is 37.3 Å². The van der Waals surface area contributed by atoms with Crippen LogP contribution < -0.4 is 9.46 Å². The van der Waals surface area contributed by atoms with Gasteiger partial charge in [-0.2, -0.15) is 4.72 Å². The third-order valence-corrected chi connectivity index (χ3v) is 6.01. The van der Waals surface area contributed by atoms with Crippen LogP contribution in [-0.4, -0.2) is 8.42 Å². The van der Waals surface area contributed by atoms with E-state index in [2.05, 4.69) is 4.72 Å². The first-order valence-corrected chi connectivity index (χ1v) is 9.95. The quantitative estimate of drug-likeness (QED) is 0.703. The van der Waals surface area contributed by atoms with Gasteiger partial charge in [0.25, 0.3) is 0 Å². The maximum Gasteiger partial charge on any atom is 0.241 e. The molecule has 0 aromatic heterocycles. The second-order valence-corrected chi connectivity index (χ2v) is 8.34. The van der Waals surface area contributed by atoms with Crippen LogP contribution in [0, 0.1) is 6.92 Å². The van der Waals surface area contributed by atoms with Crippen LogP contribution in [-0.2, 0) is 10.0 Å². The Morgan fingerprint density at radius 1 is 0.923 bits per heavy atom. The van der Waals surface area contributed by atoms with E-state index in [0.717, 1.165) is 16.7 Å². The van der Waals surface area contributed by atoms with Crippen LogP contribution in [0.3, 0.4) is 0 Å². The summed E-state index contributed by atoms with van der Waals surface area (Å²) in [6.45, 7) is 1.92. The van der Waals surface area contributed by atoms with Gasteiger partial charge in [-0.15, -0.1) is 0 Å². The first-order valence-electron chi connectivity index (χ1n) is 8.09. The molecule has 0 saturated carbocycles. The average Bonchev–Trinajstić information content (AvgIpc) is 2.61. The summed E-state index contributed by atoms with van der Waals surface area (Å²) in [5.74, 6) is 1.16. The Morgan fingerprint density at radius 2 is 1.62 bits per heavy atom. The fourth-order valence-electron chi connectivity index (χ4n) is 3.00. The molecule has 0 fully saturated rings. The van der Waals surface area contributed by atoms with Crippen molar-refractivity contribution in [3.8, 4) is 11.5 Å². The van der Waals surface area contributed by atoms with Gasteiger partial charge in [0.2, 0.25) is 10.0 Å². The minimum Gasteiger partial charge on any atom is -0.457 e. The van der Waals surface area contributed by atoms with Crippen LogP contribution >= 0.6 is 11.6 Å². The van der Waals surface area contributed by atoms with E-state index in [9.17, 15) is 8.42 Å². The minimum absolute atomic E-state index is 0.225. The maximum absolute atomic E-state index is 12.9. The number of ether oxygens (including phenoxy) is 1. The number of aryl methyl sites for hydroxylation is 1. The highest BCUT2D eigenvalue weighted by Gasteiger charge is 2.31. The maximum atomic E-state index is 12.9. The van der Waals surface area contributed by atoms with Crippen molar-refractivity contribution >= 4 is 21.6 Å². The number of sulfonamides is 1. The lowest BCUT2D eigenvalue weighted by Gasteiger charge is -2.28. The van der Waals surface area contributed by atoms with Crippen molar-refractivity contribution in [2.45, 2.75) is 17.9 Å². The highest BCUT2D eigenvalue weighted by molar-refractivity contribution is 7.89. The molecule has 4 nitrogen and oxygen atoms in total. The molecule has 1 atom stereocenters. The first-order chi connectivity index (χ1) is 12.4. The van der Waals surface area contributed by atoms with Gasteiger partial charge in [-0.25, -0.2) is 8.42 Å². The highest BCUT2D eigenvalue weighted by atomic mass is 35.5. The lowest BCUT2D eigenvalue weighted by molar-refractivity contribution is 0.440. The zero-order chi connectivity index (χ0) is 18.3. The molecule has 1 N–H and O–H groups in total. The van der Waals surface area contributed by atoms with Gasteiger partial charge in [0, 0.05) is 16.1 Å². The Labute approximate surface area is 157 Å². The number of rotatable bonds is 3. The smallest absolute Gasteiger partial charge is 0.241 e. The number of hydrogen-bond acceptors (Lipinski definition) is 3. The van der Waals surface area contributed by atoms with Crippen molar-refractivity contribution in [3.63, 3.8) is 0 Å². The van der Waals surface area contributed by atoms with Crippen molar-refractivity contribution in [1.82, 2.24) is 4.72 Å². The normalized spacial score (nSPS) is 15.7. The number of nitrogens with one attached hydrogen (secondary N) is 1. The van der Waals surface area contributed by atoms with Crippen LogP contribution in [0.4, 0.5) is 0 Å². The van der Waals surface area contributed by atoms with E-state index < -0.39 is 16.1 Å². The van der Waals surface area contributed by atoms with E-state index in [4.69, 9.17) is 16.3 Å². The van der Waals surface area contributed by atoms with Gasteiger partial charge >= 0.3 is 0 Å². The van der Waals surface area contributed by atoms with Gasteiger partial charge in [0.1, 0.15) is 11.5 Å². The summed E-state index contributed by atoms with van der Waals surface area (Å²) in [5.41, 5.74) is 2.49. The Kier molecular flexibility index (Phi) is 4.23. The van der Waals surface area contributed by atoms with Crippen LogP contribution in [0.1, 0.15) is 22.7 Å². The largest absolute Gasteiger partial charge is 0.457 e. The van der Waals surface area contributed by atoms with Gasteiger partial charge in [-0.3, -0.25) is 0 Å². The molecular formula is C20H16ClNO3S. The van der Waals surface area contributed by atoms with Gasteiger partial charge < -0.3 is 4.74 Å². The molecule has 1 heterocycles. The molecule has 0 bridgehead atoms. The molecule has 1 aliphatic rings. The first kappa shape index (κ1) is 17.1. The topological polar surface area (TPSA) is 55.4 Å².